The number of carboxylic acid groups (broad SMARTS) is 1. The summed E-state index contributed by atoms with van der Waals surface area (Å²) in [5, 5.41) is 11.8. The highest BCUT2D eigenvalue weighted by Crippen LogP contribution is 2.25. The van der Waals surface area contributed by atoms with Gasteiger partial charge in [0.25, 0.3) is 0 Å². The molecule has 0 aromatic carbocycles. The number of carbonyl (C=O) groups is 1. The van der Waals surface area contributed by atoms with Gasteiger partial charge in [-0.15, -0.1) is 0 Å². The Labute approximate surface area is 94.7 Å². The van der Waals surface area contributed by atoms with Crippen LogP contribution in [0.1, 0.15) is 20.3 Å². The molecule has 0 saturated carbocycles. The predicted octanol–water partition coefficient (Wildman–Crippen LogP) is 0.887. The van der Waals surface area contributed by atoms with E-state index in [1.807, 2.05) is 13.8 Å². The highest BCUT2D eigenvalue weighted by Gasteiger charge is 2.32. The zero-order chi connectivity index (χ0) is 12.3. The second-order valence-corrected chi connectivity index (χ2v) is 4.31. The first kappa shape index (κ1) is 13.1. The molecule has 3 atom stereocenters. The first-order valence-corrected chi connectivity index (χ1v) is 5.56. The van der Waals surface area contributed by atoms with E-state index >= 15 is 0 Å². The van der Waals surface area contributed by atoms with Gasteiger partial charge in [-0.1, -0.05) is 20.3 Å². The normalized spacial score (nSPS) is 27.6. The molecule has 0 bridgehead atoms. The molecular weight excluding hydrogens is 211 g/mol. The second kappa shape index (κ2) is 5.41. The van der Waals surface area contributed by atoms with Gasteiger partial charge >= 0.3 is 5.97 Å². The molecule has 4 N–H and O–H groups in total. The Bertz CT molecular complexity index is 304. The van der Waals surface area contributed by atoms with Gasteiger partial charge in [0, 0.05) is 13.1 Å². The number of nitrogens with one attached hydrogen (secondary N) is 1. The lowest BCUT2D eigenvalue weighted by atomic mass is 9.93. The largest absolute Gasteiger partial charge is 0.481 e. The van der Waals surface area contributed by atoms with Crippen LogP contribution in [0.4, 0.5) is 4.39 Å². The monoisotopic (exact) mass is 230 g/mol. The van der Waals surface area contributed by atoms with Crippen LogP contribution in [0, 0.1) is 11.8 Å². The molecule has 1 saturated heterocycles. The molecule has 0 aromatic rings. The van der Waals surface area contributed by atoms with Gasteiger partial charge in [-0.3, -0.25) is 4.79 Å². The minimum atomic E-state index is -0.994. The summed E-state index contributed by atoms with van der Waals surface area (Å²) in [4.78, 5) is 10.9. The number of halogens is 1. The van der Waals surface area contributed by atoms with Crippen molar-refractivity contribution in [2.45, 2.75) is 26.3 Å². The minimum absolute atomic E-state index is 0.0162. The van der Waals surface area contributed by atoms with Gasteiger partial charge in [0.1, 0.15) is 5.83 Å². The van der Waals surface area contributed by atoms with Crippen molar-refractivity contribution in [3.63, 3.8) is 0 Å². The minimum Gasteiger partial charge on any atom is -0.481 e. The van der Waals surface area contributed by atoms with Crippen LogP contribution in [0.5, 0.6) is 0 Å². The Morgan fingerprint density at radius 3 is 2.88 bits per heavy atom. The van der Waals surface area contributed by atoms with Crippen LogP contribution in [-0.2, 0) is 4.79 Å². The standard InChI is InChI=1S/C11H19FN2O2/c1-3-6(2)10(13)9(12)7-4-14-5-8(7)11(15)16/h6,8,10,14H,3-5,13H2,1-2H3,(H,15,16). The zero-order valence-electron chi connectivity index (χ0n) is 9.66. The third kappa shape index (κ3) is 2.59. The zero-order valence-corrected chi connectivity index (χ0v) is 9.66. The molecule has 3 unspecified atom stereocenters. The molecule has 0 spiro atoms. The van der Waals surface area contributed by atoms with Gasteiger partial charge in [-0.25, -0.2) is 4.39 Å². The number of nitrogens with two attached hydrogens (primary N) is 1. The third-order valence-electron chi connectivity index (χ3n) is 3.24. The van der Waals surface area contributed by atoms with Crippen LogP contribution >= 0.6 is 0 Å². The molecule has 4 nitrogen and oxygen atoms in total. The van der Waals surface area contributed by atoms with Gasteiger partial charge in [-0.2, -0.15) is 0 Å². The van der Waals surface area contributed by atoms with Crippen LogP contribution in [0.25, 0.3) is 0 Å². The highest BCUT2D eigenvalue weighted by atomic mass is 19.1. The van der Waals surface area contributed by atoms with Crippen LogP contribution in [0.2, 0.25) is 0 Å². The van der Waals surface area contributed by atoms with Crippen molar-refractivity contribution < 1.29 is 14.3 Å². The van der Waals surface area contributed by atoms with Crippen LogP contribution in [0.15, 0.2) is 11.4 Å². The van der Waals surface area contributed by atoms with E-state index in [4.69, 9.17) is 10.8 Å². The van der Waals surface area contributed by atoms with Crippen molar-refractivity contribution in [3.05, 3.63) is 11.4 Å². The van der Waals surface area contributed by atoms with Crippen molar-refractivity contribution in [2.75, 3.05) is 13.1 Å². The van der Waals surface area contributed by atoms with E-state index in [9.17, 15) is 9.18 Å². The molecule has 1 aliphatic heterocycles. The maximum Gasteiger partial charge on any atom is 0.312 e. The average molecular weight is 230 g/mol. The quantitative estimate of drug-likeness (QED) is 0.670. The van der Waals surface area contributed by atoms with Crippen LogP contribution in [-0.4, -0.2) is 30.2 Å². The summed E-state index contributed by atoms with van der Waals surface area (Å²) in [6, 6.07) is -0.693. The lowest BCUT2D eigenvalue weighted by molar-refractivity contribution is -0.139. The summed E-state index contributed by atoms with van der Waals surface area (Å²) in [6.07, 6.45) is 0.771. The smallest absolute Gasteiger partial charge is 0.312 e. The summed E-state index contributed by atoms with van der Waals surface area (Å²) in [7, 11) is 0. The van der Waals surface area contributed by atoms with E-state index in [0.29, 0.717) is 5.57 Å². The van der Waals surface area contributed by atoms with E-state index in [2.05, 4.69) is 5.32 Å². The molecule has 92 valence electrons. The maximum atomic E-state index is 14.0. The fraction of sp³-hybridized carbons (Fsp3) is 0.727. The molecule has 1 rings (SSSR count). The summed E-state index contributed by atoms with van der Waals surface area (Å²) in [6.45, 7) is 4.37. The van der Waals surface area contributed by atoms with E-state index < -0.39 is 23.8 Å². The second-order valence-electron chi connectivity index (χ2n) is 4.31. The number of hydrogen-bond donors (Lipinski definition) is 3. The molecule has 1 aliphatic rings. The fourth-order valence-corrected chi connectivity index (χ4v) is 1.80. The number of rotatable bonds is 4. The van der Waals surface area contributed by atoms with Crippen molar-refractivity contribution in [1.82, 2.24) is 5.32 Å². The molecule has 16 heavy (non-hydrogen) atoms. The summed E-state index contributed by atoms with van der Waals surface area (Å²) >= 11 is 0. The predicted molar refractivity (Wildman–Crippen MR) is 59.6 cm³/mol. The topological polar surface area (TPSA) is 75.3 Å². The van der Waals surface area contributed by atoms with E-state index in [1.165, 1.54) is 0 Å². The number of carboxylic acids is 1. The first-order chi connectivity index (χ1) is 7.49. The highest BCUT2D eigenvalue weighted by molar-refractivity contribution is 5.75. The van der Waals surface area contributed by atoms with E-state index in [1.54, 1.807) is 0 Å². The van der Waals surface area contributed by atoms with E-state index in [0.717, 1.165) is 6.42 Å². The Balaban J connectivity index is 2.90. The fourth-order valence-electron chi connectivity index (χ4n) is 1.80. The van der Waals surface area contributed by atoms with Gasteiger partial charge in [0.05, 0.1) is 12.0 Å². The van der Waals surface area contributed by atoms with E-state index in [-0.39, 0.29) is 19.0 Å². The summed E-state index contributed by atoms with van der Waals surface area (Å²) in [5.41, 5.74) is 6.07. The Hall–Kier alpha value is -0.940. The first-order valence-electron chi connectivity index (χ1n) is 5.56. The number of hydrogen-bond acceptors (Lipinski definition) is 3. The van der Waals surface area contributed by atoms with Crippen molar-refractivity contribution in [2.24, 2.45) is 17.6 Å². The van der Waals surface area contributed by atoms with Crippen molar-refractivity contribution >= 4 is 5.97 Å². The Morgan fingerprint density at radius 1 is 1.75 bits per heavy atom. The average Bonchev–Trinajstić information content (AvgIpc) is 2.74. The van der Waals surface area contributed by atoms with Crippen molar-refractivity contribution in [1.29, 1.82) is 0 Å². The van der Waals surface area contributed by atoms with Gasteiger partial charge in [0.2, 0.25) is 0 Å². The Kier molecular flexibility index (Phi) is 4.44. The van der Waals surface area contributed by atoms with Gasteiger partial charge in [0.15, 0.2) is 0 Å². The Morgan fingerprint density at radius 2 is 2.38 bits per heavy atom. The molecule has 1 heterocycles. The molecule has 0 amide bonds. The molecule has 5 heteroatoms. The third-order valence-corrected chi connectivity index (χ3v) is 3.24. The SMILES string of the molecule is CCC(C)C(N)C(F)=C1CNCC1C(=O)O. The number of aliphatic carboxylic acids is 1. The molecule has 0 radical (unpaired) electrons. The molecular formula is C11H19FN2O2. The van der Waals surface area contributed by atoms with Crippen LogP contribution < -0.4 is 11.1 Å². The molecule has 0 aromatic heterocycles. The molecule has 0 aliphatic carbocycles. The lowest BCUT2D eigenvalue weighted by Gasteiger charge is -2.19. The summed E-state index contributed by atoms with van der Waals surface area (Å²) < 4.78 is 14.0. The van der Waals surface area contributed by atoms with Gasteiger partial charge < -0.3 is 16.2 Å². The summed E-state index contributed by atoms with van der Waals surface area (Å²) in [5.74, 6) is -2.20. The van der Waals surface area contributed by atoms with Crippen molar-refractivity contribution in [3.8, 4) is 0 Å². The maximum absolute atomic E-state index is 14.0. The molecule has 1 fully saturated rings. The lowest BCUT2D eigenvalue weighted by Crippen LogP contribution is -2.31. The van der Waals surface area contributed by atoms with Gasteiger partial charge in [-0.05, 0) is 11.5 Å². The van der Waals surface area contributed by atoms with Crippen LogP contribution in [0.3, 0.4) is 0 Å².